The molecule has 1 fully saturated rings. The summed E-state index contributed by atoms with van der Waals surface area (Å²) in [5.74, 6) is 0. The first-order valence-electron chi connectivity index (χ1n) is 7.01. The lowest BCUT2D eigenvalue weighted by molar-refractivity contribution is 0.115. The molecule has 1 aromatic carbocycles. The lowest BCUT2D eigenvalue weighted by Gasteiger charge is -2.17. The highest BCUT2D eigenvalue weighted by Crippen LogP contribution is 2.27. The lowest BCUT2D eigenvalue weighted by atomic mass is 9.95. The largest absolute Gasteiger partial charge is 0.412 e. The molecule has 2 atom stereocenters. The van der Waals surface area contributed by atoms with Crippen LogP contribution in [0, 0.1) is 0 Å². The summed E-state index contributed by atoms with van der Waals surface area (Å²) in [6, 6.07) is 8.22. The summed E-state index contributed by atoms with van der Waals surface area (Å²) in [6.45, 7) is 8.53. The Hall–Kier alpha value is -0.943. The van der Waals surface area contributed by atoms with Crippen molar-refractivity contribution in [3.63, 3.8) is 0 Å². The molecule has 0 bridgehead atoms. The summed E-state index contributed by atoms with van der Waals surface area (Å²) in [5, 5.41) is 0. The summed E-state index contributed by atoms with van der Waals surface area (Å²) in [4.78, 5) is 0. The van der Waals surface area contributed by atoms with Crippen molar-refractivity contribution < 1.29 is 13.9 Å². The third-order valence-electron chi connectivity index (χ3n) is 3.43. The number of ether oxygens (including phenoxy) is 2. The maximum absolute atomic E-state index is 5.54. The Bertz CT molecular complexity index is 443. The van der Waals surface area contributed by atoms with Gasteiger partial charge in [-0.3, -0.25) is 0 Å². The van der Waals surface area contributed by atoms with E-state index in [0.29, 0.717) is 6.10 Å². The van der Waals surface area contributed by atoms with Crippen LogP contribution in [0.25, 0.3) is 5.57 Å². The number of allylic oxidation sites excluding steroid dienone is 1. The van der Waals surface area contributed by atoms with Gasteiger partial charge in [0.25, 0.3) is 0 Å². The molecule has 0 spiro atoms. The zero-order valence-electron chi connectivity index (χ0n) is 11.9. The van der Waals surface area contributed by atoms with Gasteiger partial charge in [-0.2, -0.15) is 0 Å². The Morgan fingerprint density at radius 2 is 2.25 bits per heavy atom. The van der Waals surface area contributed by atoms with Crippen LogP contribution in [-0.4, -0.2) is 36.4 Å². The predicted octanol–water partition coefficient (Wildman–Crippen LogP) is 3.06. The third kappa shape index (κ3) is 4.56. The van der Waals surface area contributed by atoms with E-state index in [-0.39, 0.29) is 6.10 Å². The zero-order chi connectivity index (χ0) is 14.4. The Kier molecular flexibility index (Phi) is 5.98. The molecule has 2 rings (SSSR count). The second-order valence-corrected chi connectivity index (χ2v) is 5.32. The van der Waals surface area contributed by atoms with E-state index >= 15 is 0 Å². The smallest absolute Gasteiger partial charge is 0.247 e. The SMILES string of the molecule is C=C(CCCOCC1CO1)c1ccccc1C(C)O[Si]. The molecule has 1 heterocycles. The molecule has 1 aliphatic heterocycles. The van der Waals surface area contributed by atoms with Gasteiger partial charge in [-0.15, -0.1) is 0 Å². The number of benzene rings is 1. The predicted molar refractivity (Wildman–Crippen MR) is 80.5 cm³/mol. The molecule has 1 aromatic rings. The third-order valence-corrected chi connectivity index (χ3v) is 3.78. The number of hydrogen-bond donors (Lipinski definition) is 0. The Balaban J connectivity index is 1.81. The van der Waals surface area contributed by atoms with Crippen molar-refractivity contribution in [2.75, 3.05) is 19.8 Å². The molecule has 3 radical (unpaired) electrons. The van der Waals surface area contributed by atoms with Gasteiger partial charge in [0.05, 0.1) is 19.3 Å². The highest BCUT2D eigenvalue weighted by atomic mass is 28.2. The van der Waals surface area contributed by atoms with Gasteiger partial charge in [0, 0.05) is 6.61 Å². The van der Waals surface area contributed by atoms with Crippen LogP contribution in [0.3, 0.4) is 0 Å². The van der Waals surface area contributed by atoms with Crippen LogP contribution in [0.1, 0.15) is 37.0 Å². The van der Waals surface area contributed by atoms with Crippen LogP contribution >= 0.6 is 0 Å². The molecule has 1 aliphatic rings. The van der Waals surface area contributed by atoms with Crippen LogP contribution in [-0.2, 0) is 13.9 Å². The fourth-order valence-corrected chi connectivity index (χ4v) is 2.27. The summed E-state index contributed by atoms with van der Waals surface area (Å²) in [6.07, 6.45) is 2.25. The lowest BCUT2D eigenvalue weighted by Crippen LogP contribution is -2.04. The van der Waals surface area contributed by atoms with Gasteiger partial charge in [-0.05, 0) is 36.5 Å². The summed E-state index contributed by atoms with van der Waals surface area (Å²) in [7, 11) is 3.12. The second kappa shape index (κ2) is 7.74. The first kappa shape index (κ1) is 15.4. The van der Waals surface area contributed by atoms with E-state index in [1.165, 1.54) is 5.56 Å². The molecule has 0 N–H and O–H groups in total. The molecule has 0 aromatic heterocycles. The van der Waals surface area contributed by atoms with E-state index in [1.54, 1.807) is 0 Å². The van der Waals surface area contributed by atoms with Gasteiger partial charge in [-0.1, -0.05) is 30.8 Å². The number of hydrogen-bond acceptors (Lipinski definition) is 3. The topological polar surface area (TPSA) is 31.0 Å². The molecule has 0 aliphatic carbocycles. The van der Waals surface area contributed by atoms with Crippen LogP contribution in [0.5, 0.6) is 0 Å². The molecule has 2 unspecified atom stereocenters. The van der Waals surface area contributed by atoms with E-state index in [9.17, 15) is 0 Å². The standard InChI is InChI=1S/C16H21O3Si/c1-12(6-5-9-17-10-14-11-18-14)15-7-3-4-8-16(15)13(2)19-20/h3-4,7-8,13-14H,1,5-6,9-11H2,2H3. The van der Waals surface area contributed by atoms with Crippen LogP contribution in [0.2, 0.25) is 0 Å². The Morgan fingerprint density at radius 1 is 1.50 bits per heavy atom. The van der Waals surface area contributed by atoms with Gasteiger partial charge < -0.3 is 13.9 Å². The fraction of sp³-hybridized carbons (Fsp3) is 0.500. The maximum Gasteiger partial charge on any atom is 0.247 e. The van der Waals surface area contributed by atoms with Crippen LogP contribution < -0.4 is 0 Å². The highest BCUT2D eigenvalue weighted by Gasteiger charge is 2.22. The van der Waals surface area contributed by atoms with Crippen LogP contribution in [0.15, 0.2) is 30.8 Å². The van der Waals surface area contributed by atoms with Crippen molar-refractivity contribution in [1.82, 2.24) is 0 Å². The summed E-state index contributed by atoms with van der Waals surface area (Å²) >= 11 is 0. The van der Waals surface area contributed by atoms with Crippen molar-refractivity contribution in [2.45, 2.75) is 32.0 Å². The molecule has 107 valence electrons. The fourth-order valence-electron chi connectivity index (χ4n) is 2.14. The van der Waals surface area contributed by atoms with E-state index < -0.39 is 0 Å². The minimum atomic E-state index is 0.00267. The molecule has 0 saturated carbocycles. The van der Waals surface area contributed by atoms with E-state index in [1.807, 2.05) is 19.1 Å². The summed E-state index contributed by atoms with van der Waals surface area (Å²) in [5.41, 5.74) is 3.45. The first-order chi connectivity index (χ1) is 9.72. The average Bonchev–Trinajstić information content (AvgIpc) is 3.30. The monoisotopic (exact) mass is 289 g/mol. The molecule has 4 heteroatoms. The van der Waals surface area contributed by atoms with Gasteiger partial charge in [0.1, 0.15) is 6.10 Å². The first-order valence-corrected chi connectivity index (χ1v) is 7.42. The molecule has 20 heavy (non-hydrogen) atoms. The van der Waals surface area contributed by atoms with Crippen molar-refractivity contribution in [2.24, 2.45) is 0 Å². The molecule has 1 saturated heterocycles. The van der Waals surface area contributed by atoms with Gasteiger partial charge in [0.2, 0.25) is 10.5 Å². The van der Waals surface area contributed by atoms with Gasteiger partial charge >= 0.3 is 0 Å². The quantitative estimate of drug-likeness (QED) is 0.398. The maximum atomic E-state index is 5.54. The van der Waals surface area contributed by atoms with Gasteiger partial charge in [0.15, 0.2) is 0 Å². The average molecular weight is 289 g/mol. The molecular formula is C16H21O3Si. The van der Waals surface area contributed by atoms with E-state index in [0.717, 1.165) is 43.8 Å². The molecular weight excluding hydrogens is 268 g/mol. The van der Waals surface area contributed by atoms with Gasteiger partial charge in [-0.25, -0.2) is 0 Å². The number of epoxide rings is 1. The normalized spacial score (nSPS) is 18.8. The van der Waals surface area contributed by atoms with Crippen molar-refractivity contribution >= 4 is 16.1 Å². The Labute approximate surface area is 124 Å². The van der Waals surface area contributed by atoms with Crippen LogP contribution in [0.4, 0.5) is 0 Å². The van der Waals surface area contributed by atoms with Crippen molar-refractivity contribution in [3.8, 4) is 0 Å². The number of rotatable bonds is 9. The molecule has 0 amide bonds. The molecule has 3 nitrogen and oxygen atoms in total. The van der Waals surface area contributed by atoms with E-state index in [2.05, 4.69) is 29.2 Å². The highest BCUT2D eigenvalue weighted by molar-refractivity contribution is 5.98. The minimum absolute atomic E-state index is 0.00267. The minimum Gasteiger partial charge on any atom is -0.412 e. The van der Waals surface area contributed by atoms with Crippen molar-refractivity contribution in [3.05, 3.63) is 42.0 Å². The van der Waals surface area contributed by atoms with E-state index in [4.69, 9.17) is 13.9 Å². The summed E-state index contributed by atoms with van der Waals surface area (Å²) < 4.78 is 15.9. The van der Waals surface area contributed by atoms with Crippen molar-refractivity contribution in [1.29, 1.82) is 0 Å². The second-order valence-electron chi connectivity index (χ2n) is 5.08. The zero-order valence-corrected chi connectivity index (χ0v) is 12.9. The Morgan fingerprint density at radius 3 is 2.95 bits per heavy atom.